The molecule has 27 heavy (non-hydrogen) atoms. The van der Waals surface area contributed by atoms with Crippen LogP contribution in [-0.2, 0) is 4.79 Å². The van der Waals surface area contributed by atoms with Crippen molar-refractivity contribution < 1.29 is 13.9 Å². The van der Waals surface area contributed by atoms with E-state index in [1.54, 1.807) is 13.2 Å². The lowest BCUT2D eigenvalue weighted by Crippen LogP contribution is -2.13. The molecule has 0 bridgehead atoms. The van der Waals surface area contributed by atoms with Crippen LogP contribution in [0.15, 0.2) is 72.4 Å². The van der Waals surface area contributed by atoms with Gasteiger partial charge >= 0.3 is 0 Å². The standard InChI is InChI=1S/C21H16FN3O2/c1-27-20-10-8-18(9-11-20)25-12-2-3-19(25)13-15(14-23)21(26)24-17-6-4-16(22)5-7-17/h2-13H,1H3,(H,24,26). The molecule has 3 aromatic rings. The Bertz CT molecular complexity index is 1010. The van der Waals surface area contributed by atoms with Crippen LogP contribution in [0.1, 0.15) is 5.69 Å². The summed E-state index contributed by atoms with van der Waals surface area (Å²) in [5.74, 6) is -0.229. The Morgan fingerprint density at radius 1 is 1.15 bits per heavy atom. The highest BCUT2D eigenvalue weighted by molar-refractivity contribution is 6.09. The number of amides is 1. The first-order chi connectivity index (χ1) is 13.1. The zero-order valence-corrected chi connectivity index (χ0v) is 14.5. The third-order valence-electron chi connectivity index (χ3n) is 3.89. The number of nitrogens with one attached hydrogen (secondary N) is 1. The van der Waals surface area contributed by atoms with Gasteiger partial charge in [0.05, 0.1) is 7.11 Å². The molecule has 3 rings (SSSR count). The second-order valence-corrected chi connectivity index (χ2v) is 5.63. The molecule has 2 aromatic carbocycles. The Hall–Kier alpha value is -3.85. The van der Waals surface area contributed by atoms with Crippen molar-refractivity contribution in [2.75, 3.05) is 12.4 Å². The lowest BCUT2D eigenvalue weighted by atomic mass is 10.2. The van der Waals surface area contributed by atoms with E-state index in [4.69, 9.17) is 4.74 Å². The number of hydrogen-bond donors (Lipinski definition) is 1. The van der Waals surface area contributed by atoms with Gasteiger partial charge in [0.15, 0.2) is 0 Å². The quantitative estimate of drug-likeness (QED) is 0.548. The minimum Gasteiger partial charge on any atom is -0.497 e. The first-order valence-electron chi connectivity index (χ1n) is 8.11. The van der Waals surface area contributed by atoms with Gasteiger partial charge in [0.1, 0.15) is 23.2 Å². The number of hydrogen-bond acceptors (Lipinski definition) is 3. The van der Waals surface area contributed by atoms with Crippen molar-refractivity contribution in [2.45, 2.75) is 0 Å². The van der Waals surface area contributed by atoms with E-state index in [-0.39, 0.29) is 5.57 Å². The fourth-order valence-corrected chi connectivity index (χ4v) is 2.52. The normalized spacial score (nSPS) is 10.9. The van der Waals surface area contributed by atoms with Crippen LogP contribution in [-0.4, -0.2) is 17.6 Å². The van der Waals surface area contributed by atoms with Gasteiger partial charge in [0, 0.05) is 23.3 Å². The number of nitrogens with zero attached hydrogens (tertiary/aromatic N) is 2. The van der Waals surface area contributed by atoms with Crippen LogP contribution in [0.5, 0.6) is 5.75 Å². The maximum Gasteiger partial charge on any atom is 0.266 e. The molecule has 134 valence electrons. The van der Waals surface area contributed by atoms with E-state index in [0.29, 0.717) is 11.4 Å². The number of rotatable bonds is 5. The molecular formula is C21H16FN3O2. The number of methoxy groups -OCH3 is 1. The number of halogens is 1. The Labute approximate surface area is 155 Å². The third-order valence-corrected chi connectivity index (χ3v) is 3.89. The highest BCUT2D eigenvalue weighted by atomic mass is 19.1. The summed E-state index contributed by atoms with van der Waals surface area (Å²) in [5.41, 5.74) is 1.88. The average molecular weight is 361 g/mol. The van der Waals surface area contributed by atoms with Gasteiger partial charge in [-0.3, -0.25) is 4.79 Å². The fraction of sp³-hybridized carbons (Fsp3) is 0.0476. The number of ether oxygens (including phenoxy) is 1. The Kier molecular flexibility index (Phi) is 5.33. The van der Waals surface area contributed by atoms with Gasteiger partial charge < -0.3 is 14.6 Å². The molecule has 1 heterocycles. The second kappa shape index (κ2) is 8.02. The third kappa shape index (κ3) is 4.22. The molecule has 0 atom stereocenters. The van der Waals surface area contributed by atoms with Crippen LogP contribution in [0.3, 0.4) is 0 Å². The molecule has 0 saturated heterocycles. The smallest absolute Gasteiger partial charge is 0.266 e. The van der Waals surface area contributed by atoms with Crippen molar-refractivity contribution in [1.82, 2.24) is 4.57 Å². The number of carbonyl (C=O) groups is 1. The molecule has 0 saturated carbocycles. The monoisotopic (exact) mass is 361 g/mol. The highest BCUT2D eigenvalue weighted by Crippen LogP contribution is 2.19. The molecule has 1 aromatic heterocycles. The van der Waals surface area contributed by atoms with Gasteiger partial charge in [-0.1, -0.05) is 0 Å². The summed E-state index contributed by atoms with van der Waals surface area (Å²) in [5, 5.41) is 12.0. The largest absolute Gasteiger partial charge is 0.497 e. The Morgan fingerprint density at radius 3 is 2.48 bits per heavy atom. The summed E-state index contributed by atoms with van der Waals surface area (Å²) in [6.07, 6.45) is 3.34. The SMILES string of the molecule is COc1ccc(-n2cccc2C=C(C#N)C(=O)Nc2ccc(F)cc2)cc1. The minimum absolute atomic E-state index is 0.0622. The molecule has 0 spiro atoms. The molecule has 1 N–H and O–H groups in total. The molecule has 0 radical (unpaired) electrons. The number of benzene rings is 2. The van der Waals surface area contributed by atoms with Crippen LogP contribution in [0, 0.1) is 17.1 Å². The van der Waals surface area contributed by atoms with Crippen LogP contribution >= 0.6 is 0 Å². The van der Waals surface area contributed by atoms with Crippen molar-refractivity contribution in [1.29, 1.82) is 5.26 Å². The summed E-state index contributed by atoms with van der Waals surface area (Å²) in [7, 11) is 1.60. The molecule has 6 heteroatoms. The lowest BCUT2D eigenvalue weighted by molar-refractivity contribution is -0.112. The number of carbonyl (C=O) groups excluding carboxylic acids is 1. The fourth-order valence-electron chi connectivity index (χ4n) is 2.52. The molecule has 0 aliphatic rings. The van der Waals surface area contributed by atoms with Gasteiger partial charge in [0.2, 0.25) is 0 Å². The molecule has 5 nitrogen and oxygen atoms in total. The van der Waals surface area contributed by atoms with E-state index >= 15 is 0 Å². The molecule has 1 amide bonds. The maximum atomic E-state index is 13.0. The summed E-state index contributed by atoms with van der Waals surface area (Å²) < 4.78 is 20.0. The second-order valence-electron chi connectivity index (χ2n) is 5.63. The van der Waals surface area contributed by atoms with Crippen molar-refractivity contribution in [3.8, 4) is 17.5 Å². The summed E-state index contributed by atoms with van der Waals surface area (Å²) in [6, 6.07) is 18.3. The molecule has 0 fully saturated rings. The minimum atomic E-state index is -0.563. The van der Waals surface area contributed by atoms with Gasteiger partial charge in [-0.2, -0.15) is 5.26 Å². The van der Waals surface area contributed by atoms with Crippen molar-refractivity contribution in [3.05, 3.63) is 83.9 Å². The molecule has 0 aliphatic carbocycles. The van der Waals surface area contributed by atoms with E-state index in [2.05, 4.69) is 5.32 Å². The van der Waals surface area contributed by atoms with E-state index < -0.39 is 11.7 Å². The van der Waals surface area contributed by atoms with E-state index in [1.807, 2.05) is 47.2 Å². The number of aromatic nitrogens is 1. The topological polar surface area (TPSA) is 67.0 Å². The van der Waals surface area contributed by atoms with Crippen LogP contribution in [0.25, 0.3) is 11.8 Å². The highest BCUT2D eigenvalue weighted by Gasteiger charge is 2.11. The Balaban J connectivity index is 1.85. The number of anilines is 1. The summed E-state index contributed by atoms with van der Waals surface area (Å²) in [4.78, 5) is 12.4. The zero-order chi connectivity index (χ0) is 19.2. The Morgan fingerprint density at radius 2 is 1.85 bits per heavy atom. The first kappa shape index (κ1) is 18.0. The van der Waals surface area contributed by atoms with Crippen molar-refractivity contribution in [3.63, 3.8) is 0 Å². The van der Waals surface area contributed by atoms with Crippen LogP contribution in [0.2, 0.25) is 0 Å². The van der Waals surface area contributed by atoms with Gasteiger partial charge in [-0.15, -0.1) is 0 Å². The molecule has 0 unspecified atom stereocenters. The predicted octanol–water partition coefficient (Wildman–Crippen LogP) is 4.17. The van der Waals surface area contributed by atoms with E-state index in [9.17, 15) is 14.4 Å². The average Bonchev–Trinajstić information content (AvgIpc) is 3.16. The summed E-state index contributed by atoms with van der Waals surface area (Å²) in [6.45, 7) is 0. The zero-order valence-electron chi connectivity index (χ0n) is 14.5. The summed E-state index contributed by atoms with van der Waals surface area (Å²) >= 11 is 0. The molecule has 0 aliphatic heterocycles. The van der Waals surface area contributed by atoms with Gasteiger partial charge in [0.25, 0.3) is 5.91 Å². The van der Waals surface area contributed by atoms with Crippen molar-refractivity contribution in [2.24, 2.45) is 0 Å². The van der Waals surface area contributed by atoms with E-state index in [1.165, 1.54) is 30.3 Å². The van der Waals surface area contributed by atoms with Crippen molar-refractivity contribution >= 4 is 17.7 Å². The predicted molar refractivity (Wildman–Crippen MR) is 101 cm³/mol. The maximum absolute atomic E-state index is 13.0. The van der Waals surface area contributed by atoms with Crippen LogP contribution in [0.4, 0.5) is 10.1 Å². The lowest BCUT2D eigenvalue weighted by Gasteiger charge is -2.08. The first-order valence-corrected chi connectivity index (χ1v) is 8.11. The molecular weight excluding hydrogens is 345 g/mol. The van der Waals surface area contributed by atoms with Crippen LogP contribution < -0.4 is 10.1 Å². The van der Waals surface area contributed by atoms with E-state index in [0.717, 1.165) is 11.4 Å². The van der Waals surface area contributed by atoms with Gasteiger partial charge in [-0.25, -0.2) is 4.39 Å². The van der Waals surface area contributed by atoms with Gasteiger partial charge in [-0.05, 0) is 66.7 Å². The number of nitriles is 1.